The van der Waals surface area contributed by atoms with E-state index in [1.165, 1.54) is 24.3 Å². The van der Waals surface area contributed by atoms with E-state index < -0.39 is 16.8 Å². The minimum Gasteiger partial charge on any atom is -0.462 e. The zero-order chi connectivity index (χ0) is 25.2. The lowest BCUT2D eigenvalue weighted by atomic mass is 9.95. The van der Waals surface area contributed by atoms with Gasteiger partial charge in [0.2, 0.25) is 0 Å². The number of fused-ring (bicyclic) bond motifs is 2. The van der Waals surface area contributed by atoms with Crippen LogP contribution in [-0.2, 0) is 4.74 Å². The lowest BCUT2D eigenvalue weighted by molar-refractivity contribution is -0.384. The topological polar surface area (TPSA) is 129 Å². The van der Waals surface area contributed by atoms with E-state index in [1.807, 2.05) is 28.8 Å². The predicted molar refractivity (Wildman–Crippen MR) is 134 cm³/mol. The van der Waals surface area contributed by atoms with Gasteiger partial charge in [-0.05, 0) is 44.0 Å². The van der Waals surface area contributed by atoms with Crippen molar-refractivity contribution < 1.29 is 19.2 Å². The molecule has 4 aromatic rings. The number of amides is 1. The number of ether oxygens (including phenoxy) is 1. The number of benzene rings is 2. The minimum atomic E-state index is -0.597. The summed E-state index contributed by atoms with van der Waals surface area (Å²) in [6.45, 7) is 1.88. The summed E-state index contributed by atoms with van der Waals surface area (Å²) in [7, 11) is 0. The molecule has 0 bridgehead atoms. The Morgan fingerprint density at radius 3 is 2.36 bits per heavy atom. The summed E-state index contributed by atoms with van der Waals surface area (Å²) in [5.74, 6) is -0.811. The van der Waals surface area contributed by atoms with Gasteiger partial charge in [-0.3, -0.25) is 14.9 Å². The van der Waals surface area contributed by atoms with Crippen LogP contribution < -0.4 is 5.32 Å². The third-order valence-corrected chi connectivity index (χ3v) is 6.49. The smallest absolute Gasteiger partial charge is 0.344 e. The molecule has 184 valence electrons. The molecule has 0 unspecified atom stereocenters. The van der Waals surface area contributed by atoms with E-state index >= 15 is 0 Å². The van der Waals surface area contributed by atoms with Crippen LogP contribution in [0.1, 0.15) is 65.8 Å². The van der Waals surface area contributed by atoms with E-state index in [-0.39, 0.29) is 35.3 Å². The van der Waals surface area contributed by atoms with Crippen LogP contribution in [0.4, 0.5) is 11.5 Å². The third-order valence-electron chi connectivity index (χ3n) is 6.49. The average molecular weight is 488 g/mol. The number of nitrogens with one attached hydrogen (secondary N) is 1. The number of nitro benzene ring substituents is 1. The first kappa shape index (κ1) is 23.4. The summed E-state index contributed by atoms with van der Waals surface area (Å²) in [4.78, 5) is 46.6. The lowest BCUT2D eigenvalue weighted by Gasteiger charge is -2.26. The molecule has 0 atom stereocenters. The normalized spacial score (nSPS) is 14.1. The molecular weight excluding hydrogens is 462 g/mol. The van der Waals surface area contributed by atoms with E-state index in [0.717, 1.165) is 32.1 Å². The molecule has 1 fully saturated rings. The van der Waals surface area contributed by atoms with Gasteiger partial charge in [0, 0.05) is 23.7 Å². The molecule has 0 spiro atoms. The van der Waals surface area contributed by atoms with E-state index in [4.69, 9.17) is 14.7 Å². The number of nitrogens with zero attached hydrogens (tertiary/aromatic N) is 4. The second kappa shape index (κ2) is 9.73. The van der Waals surface area contributed by atoms with Crippen molar-refractivity contribution >= 4 is 45.6 Å². The Labute approximate surface area is 206 Å². The van der Waals surface area contributed by atoms with Crippen LogP contribution in [0.5, 0.6) is 0 Å². The van der Waals surface area contributed by atoms with Crippen molar-refractivity contribution in [2.75, 3.05) is 11.9 Å². The minimum absolute atomic E-state index is 0.0204. The van der Waals surface area contributed by atoms with Gasteiger partial charge in [0.25, 0.3) is 11.6 Å². The Balaban J connectivity index is 1.70. The van der Waals surface area contributed by atoms with Crippen LogP contribution in [0.15, 0.2) is 48.5 Å². The van der Waals surface area contributed by atoms with Gasteiger partial charge in [0.05, 0.1) is 22.6 Å². The summed E-state index contributed by atoms with van der Waals surface area (Å²) in [6.07, 6.45) is 4.92. The number of hydrogen-bond acceptors (Lipinski definition) is 7. The van der Waals surface area contributed by atoms with Gasteiger partial charge >= 0.3 is 5.97 Å². The standard InChI is InChI=1S/C26H25N5O5/c1-2-36-26(33)21-22-24(28-20-11-7-6-10-19(20)27-22)30(17-8-4-3-5-9-17)23(21)29-25(32)16-12-14-18(15-13-16)31(34)35/h6-7,10-15,17H,2-5,8-9H2,1H3,(H,29,32). The van der Waals surface area contributed by atoms with Crippen molar-refractivity contribution in [2.24, 2.45) is 0 Å². The molecule has 0 radical (unpaired) electrons. The molecule has 1 aliphatic rings. The number of hydrogen-bond donors (Lipinski definition) is 1. The molecule has 2 heterocycles. The highest BCUT2D eigenvalue weighted by Crippen LogP contribution is 2.39. The first-order chi connectivity index (χ1) is 17.5. The van der Waals surface area contributed by atoms with Gasteiger partial charge in [-0.25, -0.2) is 14.8 Å². The number of esters is 1. The summed E-state index contributed by atoms with van der Waals surface area (Å²) >= 11 is 0. The van der Waals surface area contributed by atoms with Crippen molar-refractivity contribution in [1.29, 1.82) is 0 Å². The highest BCUT2D eigenvalue weighted by Gasteiger charge is 2.31. The van der Waals surface area contributed by atoms with Gasteiger partial charge in [-0.1, -0.05) is 31.4 Å². The Morgan fingerprint density at radius 2 is 1.72 bits per heavy atom. The number of carbonyl (C=O) groups excluding carboxylic acids is 2. The number of carbonyl (C=O) groups is 2. The summed E-state index contributed by atoms with van der Waals surface area (Å²) < 4.78 is 7.29. The maximum atomic E-state index is 13.3. The molecule has 2 aromatic carbocycles. The fourth-order valence-corrected chi connectivity index (χ4v) is 4.79. The molecule has 0 saturated heterocycles. The summed E-state index contributed by atoms with van der Waals surface area (Å²) in [5, 5.41) is 13.9. The van der Waals surface area contributed by atoms with Crippen LogP contribution in [0.25, 0.3) is 22.2 Å². The van der Waals surface area contributed by atoms with Crippen molar-refractivity contribution in [3.05, 3.63) is 69.8 Å². The fourth-order valence-electron chi connectivity index (χ4n) is 4.79. The molecule has 2 aromatic heterocycles. The summed E-state index contributed by atoms with van der Waals surface area (Å²) in [5.41, 5.74) is 2.47. The molecule has 1 aliphatic carbocycles. The number of para-hydroxylation sites is 2. The predicted octanol–water partition coefficient (Wildman–Crippen LogP) is 5.43. The number of non-ortho nitro benzene ring substituents is 1. The Morgan fingerprint density at radius 1 is 1.06 bits per heavy atom. The highest BCUT2D eigenvalue weighted by molar-refractivity contribution is 6.13. The first-order valence-corrected chi connectivity index (χ1v) is 12.0. The van der Waals surface area contributed by atoms with Crippen LogP contribution >= 0.6 is 0 Å². The van der Waals surface area contributed by atoms with Crippen LogP contribution in [-0.4, -0.2) is 37.9 Å². The molecule has 0 aliphatic heterocycles. The van der Waals surface area contributed by atoms with Crippen molar-refractivity contribution in [2.45, 2.75) is 45.1 Å². The molecule has 1 N–H and O–H groups in total. The number of anilines is 1. The zero-order valence-corrected chi connectivity index (χ0v) is 19.8. The first-order valence-electron chi connectivity index (χ1n) is 12.0. The van der Waals surface area contributed by atoms with Crippen LogP contribution in [0.3, 0.4) is 0 Å². The molecular formula is C26H25N5O5. The average Bonchev–Trinajstić information content (AvgIpc) is 3.20. The van der Waals surface area contributed by atoms with Gasteiger partial charge in [-0.15, -0.1) is 0 Å². The fraction of sp³-hybridized carbons (Fsp3) is 0.308. The highest BCUT2D eigenvalue weighted by atomic mass is 16.6. The van der Waals surface area contributed by atoms with Crippen molar-refractivity contribution in [3.8, 4) is 0 Å². The molecule has 36 heavy (non-hydrogen) atoms. The number of rotatable bonds is 6. The van der Waals surface area contributed by atoms with Crippen LogP contribution in [0, 0.1) is 10.1 Å². The zero-order valence-electron chi connectivity index (χ0n) is 19.8. The van der Waals surface area contributed by atoms with Gasteiger partial charge in [0.15, 0.2) is 5.65 Å². The van der Waals surface area contributed by atoms with E-state index in [0.29, 0.717) is 22.2 Å². The van der Waals surface area contributed by atoms with E-state index in [9.17, 15) is 19.7 Å². The monoisotopic (exact) mass is 487 g/mol. The van der Waals surface area contributed by atoms with Crippen molar-refractivity contribution in [1.82, 2.24) is 14.5 Å². The number of nitro groups is 1. The van der Waals surface area contributed by atoms with Gasteiger partial charge < -0.3 is 14.6 Å². The van der Waals surface area contributed by atoms with E-state index in [2.05, 4.69) is 5.32 Å². The van der Waals surface area contributed by atoms with Gasteiger partial charge in [-0.2, -0.15) is 0 Å². The molecule has 10 heteroatoms. The number of aromatic nitrogens is 3. The molecule has 1 amide bonds. The Kier molecular flexibility index (Phi) is 6.32. The second-order valence-electron chi connectivity index (χ2n) is 8.75. The SMILES string of the molecule is CCOC(=O)c1c(NC(=O)c2ccc([N+](=O)[O-])cc2)n(C2CCCCC2)c2nc3ccccc3nc12. The maximum Gasteiger partial charge on any atom is 0.344 e. The quantitative estimate of drug-likeness (QED) is 0.218. The molecule has 5 rings (SSSR count). The third kappa shape index (κ3) is 4.26. The Bertz CT molecular complexity index is 1470. The van der Waals surface area contributed by atoms with Gasteiger partial charge in [0.1, 0.15) is 16.9 Å². The molecule has 10 nitrogen and oxygen atoms in total. The Hall–Kier alpha value is -4.34. The maximum absolute atomic E-state index is 13.3. The van der Waals surface area contributed by atoms with Crippen molar-refractivity contribution in [3.63, 3.8) is 0 Å². The molecule has 1 saturated carbocycles. The van der Waals surface area contributed by atoms with Crippen LogP contribution in [0.2, 0.25) is 0 Å². The summed E-state index contributed by atoms with van der Waals surface area (Å²) in [6, 6.07) is 12.7. The largest absolute Gasteiger partial charge is 0.462 e. The van der Waals surface area contributed by atoms with E-state index in [1.54, 1.807) is 6.92 Å². The lowest BCUT2D eigenvalue weighted by Crippen LogP contribution is -2.21. The second-order valence-corrected chi connectivity index (χ2v) is 8.75.